The standard InChI is InChI=1S/C19H22N4O3/c1-14-18(23-7-3-2-6-17(23)21-14)19(24)20-13-15(16-5-4-10-26-16)22-8-11-25-12-9-22/h2-7,10,15H,8-9,11-13H2,1H3,(H,20,24)/t15-/m1/s1. The first-order valence-electron chi connectivity index (χ1n) is 8.81. The first-order chi connectivity index (χ1) is 12.7. The fourth-order valence-corrected chi connectivity index (χ4v) is 3.44. The molecule has 7 heteroatoms. The number of nitrogens with one attached hydrogen (secondary N) is 1. The van der Waals surface area contributed by atoms with Gasteiger partial charge in [0.1, 0.15) is 17.1 Å². The SMILES string of the molecule is Cc1nc2ccccn2c1C(=O)NC[C@H](c1ccco1)N1CCOCC1. The second-order valence-corrected chi connectivity index (χ2v) is 6.36. The van der Waals surface area contributed by atoms with Gasteiger partial charge in [0.15, 0.2) is 0 Å². The monoisotopic (exact) mass is 354 g/mol. The van der Waals surface area contributed by atoms with Gasteiger partial charge in [-0.1, -0.05) is 6.07 Å². The maximum absolute atomic E-state index is 12.9. The largest absolute Gasteiger partial charge is 0.468 e. The van der Waals surface area contributed by atoms with Crippen LogP contribution in [0.25, 0.3) is 5.65 Å². The number of amides is 1. The molecule has 1 atom stereocenters. The number of pyridine rings is 1. The Morgan fingerprint density at radius 3 is 2.88 bits per heavy atom. The van der Waals surface area contributed by atoms with Gasteiger partial charge in [-0.05, 0) is 31.2 Å². The van der Waals surface area contributed by atoms with Gasteiger partial charge >= 0.3 is 0 Å². The minimum Gasteiger partial charge on any atom is -0.468 e. The second kappa shape index (κ2) is 7.31. The average Bonchev–Trinajstić information content (AvgIpc) is 3.29. The van der Waals surface area contributed by atoms with E-state index in [4.69, 9.17) is 9.15 Å². The van der Waals surface area contributed by atoms with E-state index in [0.717, 1.165) is 30.2 Å². The number of ether oxygens (including phenoxy) is 1. The molecule has 1 aliphatic heterocycles. The number of aromatic nitrogens is 2. The number of morpholine rings is 1. The molecule has 1 aliphatic rings. The summed E-state index contributed by atoms with van der Waals surface area (Å²) in [6.45, 7) is 5.33. The Morgan fingerprint density at radius 1 is 1.27 bits per heavy atom. The summed E-state index contributed by atoms with van der Waals surface area (Å²) in [5.41, 5.74) is 2.06. The topological polar surface area (TPSA) is 72.0 Å². The number of fused-ring (bicyclic) bond motifs is 1. The molecule has 3 aromatic rings. The lowest BCUT2D eigenvalue weighted by molar-refractivity contribution is 0.0118. The van der Waals surface area contributed by atoms with Crippen molar-refractivity contribution in [2.24, 2.45) is 0 Å². The van der Waals surface area contributed by atoms with Crippen molar-refractivity contribution in [2.75, 3.05) is 32.8 Å². The van der Waals surface area contributed by atoms with Crippen LogP contribution in [0.15, 0.2) is 47.2 Å². The number of hydrogen-bond acceptors (Lipinski definition) is 5. The summed E-state index contributed by atoms with van der Waals surface area (Å²) in [7, 11) is 0. The Hall–Kier alpha value is -2.64. The van der Waals surface area contributed by atoms with E-state index in [1.54, 1.807) is 6.26 Å². The van der Waals surface area contributed by atoms with Crippen LogP contribution in [-0.4, -0.2) is 53.0 Å². The van der Waals surface area contributed by atoms with Crippen molar-refractivity contribution in [3.05, 3.63) is 59.9 Å². The molecule has 0 bridgehead atoms. The molecule has 0 spiro atoms. The fourth-order valence-electron chi connectivity index (χ4n) is 3.44. The summed E-state index contributed by atoms with van der Waals surface area (Å²) in [4.78, 5) is 19.6. The highest BCUT2D eigenvalue weighted by Crippen LogP contribution is 2.22. The molecule has 26 heavy (non-hydrogen) atoms. The summed E-state index contributed by atoms with van der Waals surface area (Å²) in [5.74, 6) is 0.716. The number of rotatable bonds is 5. The predicted octanol–water partition coefficient (Wildman–Crippen LogP) is 2.04. The Balaban J connectivity index is 1.53. The van der Waals surface area contributed by atoms with Gasteiger partial charge in [-0.3, -0.25) is 14.1 Å². The van der Waals surface area contributed by atoms with Gasteiger partial charge < -0.3 is 14.5 Å². The maximum Gasteiger partial charge on any atom is 0.270 e. The molecule has 136 valence electrons. The molecule has 1 amide bonds. The van der Waals surface area contributed by atoms with Gasteiger partial charge in [0.25, 0.3) is 5.91 Å². The number of hydrogen-bond donors (Lipinski definition) is 1. The molecule has 0 unspecified atom stereocenters. The number of furan rings is 1. The number of imidazole rings is 1. The zero-order valence-electron chi connectivity index (χ0n) is 14.7. The zero-order valence-corrected chi connectivity index (χ0v) is 14.7. The molecule has 7 nitrogen and oxygen atoms in total. The van der Waals surface area contributed by atoms with Crippen LogP contribution < -0.4 is 5.32 Å². The van der Waals surface area contributed by atoms with Crippen LogP contribution in [-0.2, 0) is 4.74 Å². The van der Waals surface area contributed by atoms with Crippen molar-refractivity contribution in [1.29, 1.82) is 0 Å². The van der Waals surface area contributed by atoms with Crippen molar-refractivity contribution in [1.82, 2.24) is 19.6 Å². The Kier molecular flexibility index (Phi) is 4.73. The van der Waals surface area contributed by atoms with E-state index in [1.807, 2.05) is 47.9 Å². The van der Waals surface area contributed by atoms with Crippen molar-refractivity contribution in [2.45, 2.75) is 13.0 Å². The first-order valence-corrected chi connectivity index (χ1v) is 8.81. The van der Waals surface area contributed by atoms with Crippen molar-refractivity contribution < 1.29 is 13.9 Å². The Morgan fingerprint density at radius 2 is 2.12 bits per heavy atom. The third kappa shape index (κ3) is 3.23. The number of nitrogens with zero attached hydrogens (tertiary/aromatic N) is 3. The zero-order chi connectivity index (χ0) is 17.9. The van der Waals surface area contributed by atoms with Crippen LogP contribution in [0.5, 0.6) is 0 Å². The average molecular weight is 354 g/mol. The van der Waals surface area contributed by atoms with E-state index >= 15 is 0 Å². The minimum absolute atomic E-state index is 0.0164. The molecule has 1 N–H and O–H groups in total. The third-order valence-corrected chi connectivity index (χ3v) is 4.73. The van der Waals surface area contributed by atoms with Crippen molar-refractivity contribution in [3.63, 3.8) is 0 Å². The molecule has 0 aliphatic carbocycles. The molecule has 1 saturated heterocycles. The molecule has 0 radical (unpaired) electrons. The highest BCUT2D eigenvalue weighted by molar-refractivity contribution is 5.94. The molecule has 0 aromatic carbocycles. The van der Waals surface area contributed by atoms with Gasteiger partial charge in [0, 0.05) is 25.8 Å². The highest BCUT2D eigenvalue weighted by atomic mass is 16.5. The smallest absolute Gasteiger partial charge is 0.270 e. The van der Waals surface area contributed by atoms with Crippen LogP contribution in [0.1, 0.15) is 28.0 Å². The van der Waals surface area contributed by atoms with E-state index in [-0.39, 0.29) is 11.9 Å². The van der Waals surface area contributed by atoms with E-state index in [9.17, 15) is 4.79 Å². The summed E-state index contributed by atoms with van der Waals surface area (Å²) in [6, 6.07) is 9.50. The molecule has 4 rings (SSSR count). The van der Waals surface area contributed by atoms with Crippen LogP contribution in [0, 0.1) is 6.92 Å². The van der Waals surface area contributed by atoms with Gasteiger partial charge in [0.05, 0.1) is 31.2 Å². The van der Waals surface area contributed by atoms with Crippen LogP contribution in [0.2, 0.25) is 0 Å². The second-order valence-electron chi connectivity index (χ2n) is 6.36. The molecular formula is C19H22N4O3. The normalized spacial score (nSPS) is 16.7. The van der Waals surface area contributed by atoms with Gasteiger partial charge in [-0.2, -0.15) is 0 Å². The van der Waals surface area contributed by atoms with Crippen LogP contribution >= 0.6 is 0 Å². The quantitative estimate of drug-likeness (QED) is 0.759. The summed E-state index contributed by atoms with van der Waals surface area (Å²) < 4.78 is 12.9. The number of aryl methyl sites for hydroxylation is 1. The van der Waals surface area contributed by atoms with E-state index < -0.39 is 0 Å². The molecule has 4 heterocycles. The number of carbonyl (C=O) groups is 1. The van der Waals surface area contributed by atoms with Gasteiger partial charge in [0.2, 0.25) is 0 Å². The van der Waals surface area contributed by atoms with E-state index in [0.29, 0.717) is 25.5 Å². The lowest BCUT2D eigenvalue weighted by atomic mass is 10.1. The molecule has 0 saturated carbocycles. The van der Waals surface area contributed by atoms with Crippen LogP contribution in [0.4, 0.5) is 0 Å². The van der Waals surface area contributed by atoms with Gasteiger partial charge in [-0.25, -0.2) is 4.98 Å². The summed E-state index contributed by atoms with van der Waals surface area (Å²) in [6.07, 6.45) is 3.52. The molecule has 3 aromatic heterocycles. The van der Waals surface area contributed by atoms with E-state index in [1.165, 1.54) is 0 Å². The fraction of sp³-hybridized carbons (Fsp3) is 0.368. The van der Waals surface area contributed by atoms with Crippen molar-refractivity contribution in [3.8, 4) is 0 Å². The minimum atomic E-state index is -0.133. The first kappa shape index (κ1) is 16.8. The molecular weight excluding hydrogens is 332 g/mol. The molecule has 1 fully saturated rings. The van der Waals surface area contributed by atoms with Crippen molar-refractivity contribution >= 4 is 11.6 Å². The predicted molar refractivity (Wildman–Crippen MR) is 96.1 cm³/mol. The Bertz CT molecular complexity index is 881. The lowest BCUT2D eigenvalue weighted by Gasteiger charge is -2.33. The summed E-state index contributed by atoms with van der Waals surface area (Å²) >= 11 is 0. The third-order valence-electron chi connectivity index (χ3n) is 4.73. The number of carbonyl (C=O) groups excluding carboxylic acids is 1. The lowest BCUT2D eigenvalue weighted by Crippen LogP contribution is -2.43. The summed E-state index contributed by atoms with van der Waals surface area (Å²) in [5, 5.41) is 3.06. The Labute approximate surface area is 151 Å². The highest BCUT2D eigenvalue weighted by Gasteiger charge is 2.26. The van der Waals surface area contributed by atoms with E-state index in [2.05, 4.69) is 15.2 Å². The van der Waals surface area contributed by atoms with Gasteiger partial charge in [-0.15, -0.1) is 0 Å². The maximum atomic E-state index is 12.9. The van der Waals surface area contributed by atoms with Crippen LogP contribution in [0.3, 0.4) is 0 Å².